The lowest BCUT2D eigenvalue weighted by atomic mass is 9.95. The molecule has 5 heteroatoms. The van der Waals surface area contributed by atoms with Gasteiger partial charge in [0.05, 0.1) is 12.8 Å². The predicted octanol–water partition coefficient (Wildman–Crippen LogP) is 5.70. The lowest BCUT2D eigenvalue weighted by Gasteiger charge is -2.31. The zero-order chi connectivity index (χ0) is 21.5. The summed E-state index contributed by atoms with van der Waals surface area (Å²) in [7, 11) is 1.69. The summed E-state index contributed by atoms with van der Waals surface area (Å²) >= 11 is 1.67. The molecule has 1 aliphatic rings. The lowest BCUT2D eigenvalue weighted by molar-refractivity contribution is -0.121. The first-order valence-electron chi connectivity index (χ1n) is 10.7. The third-order valence-corrected chi connectivity index (χ3v) is 6.70. The number of methoxy groups -OCH3 is 1. The van der Waals surface area contributed by atoms with Crippen LogP contribution in [0.2, 0.25) is 0 Å². The number of amides is 1. The molecule has 0 radical (unpaired) electrons. The largest absolute Gasteiger partial charge is 0.497 e. The molecule has 1 aliphatic heterocycles. The maximum absolute atomic E-state index is 13.0. The molecular weight excluding hydrogens is 404 g/mol. The van der Waals surface area contributed by atoms with E-state index in [1.54, 1.807) is 18.9 Å². The number of para-hydroxylation sites is 1. The Morgan fingerprint density at radius 2 is 1.74 bits per heavy atom. The Balaban J connectivity index is 1.32. The van der Waals surface area contributed by atoms with Crippen molar-refractivity contribution < 1.29 is 9.53 Å². The molecule has 0 aromatic heterocycles. The van der Waals surface area contributed by atoms with Crippen LogP contribution in [0.15, 0.2) is 88.7 Å². The molecule has 0 saturated carbocycles. The van der Waals surface area contributed by atoms with E-state index in [2.05, 4.69) is 40.5 Å². The number of ether oxygens (including phenoxy) is 1. The first kappa shape index (κ1) is 21.5. The summed E-state index contributed by atoms with van der Waals surface area (Å²) < 4.78 is 5.32. The fourth-order valence-electron chi connectivity index (χ4n) is 3.89. The van der Waals surface area contributed by atoms with Crippen LogP contribution in [0.3, 0.4) is 0 Å². The molecular formula is C26H28N2O2S. The van der Waals surface area contributed by atoms with Crippen LogP contribution in [0.1, 0.15) is 18.4 Å². The molecule has 4 rings (SSSR count). The zero-order valence-corrected chi connectivity index (χ0v) is 18.6. The molecule has 160 valence electrons. The number of rotatable bonds is 7. The fourth-order valence-corrected chi connectivity index (χ4v) is 4.81. The Hall–Kier alpha value is -2.76. The second kappa shape index (κ2) is 10.5. The van der Waals surface area contributed by atoms with Gasteiger partial charge in [0, 0.05) is 22.3 Å². The fraction of sp³-hybridized carbons (Fsp3) is 0.269. The number of nitrogens with zero attached hydrogens (tertiary/aromatic N) is 1. The van der Waals surface area contributed by atoms with E-state index in [0.717, 1.165) is 53.7 Å². The first-order chi connectivity index (χ1) is 15.2. The molecule has 4 nitrogen and oxygen atoms in total. The number of likely N-dealkylation sites (tertiary alicyclic amines) is 1. The molecule has 3 aromatic rings. The maximum Gasteiger partial charge on any atom is 0.227 e. The van der Waals surface area contributed by atoms with Crippen LogP contribution in [-0.4, -0.2) is 31.0 Å². The normalized spacial score (nSPS) is 14.9. The van der Waals surface area contributed by atoms with E-state index in [1.165, 1.54) is 5.56 Å². The van der Waals surface area contributed by atoms with Crippen LogP contribution in [0.4, 0.5) is 5.69 Å². The van der Waals surface area contributed by atoms with Gasteiger partial charge in [0.1, 0.15) is 5.75 Å². The van der Waals surface area contributed by atoms with Gasteiger partial charge in [0.15, 0.2) is 0 Å². The van der Waals surface area contributed by atoms with Crippen molar-refractivity contribution in [2.45, 2.75) is 29.2 Å². The molecule has 1 amide bonds. The molecule has 1 heterocycles. The highest BCUT2D eigenvalue weighted by Crippen LogP contribution is 2.33. The molecule has 0 spiro atoms. The Morgan fingerprint density at radius 1 is 1.00 bits per heavy atom. The minimum absolute atomic E-state index is 0.0522. The monoisotopic (exact) mass is 432 g/mol. The lowest BCUT2D eigenvalue weighted by Crippen LogP contribution is -2.37. The van der Waals surface area contributed by atoms with Gasteiger partial charge >= 0.3 is 0 Å². The Labute approximate surface area is 188 Å². The Kier molecular flexibility index (Phi) is 7.28. The van der Waals surface area contributed by atoms with Gasteiger partial charge in [-0.3, -0.25) is 9.69 Å². The Morgan fingerprint density at radius 3 is 2.52 bits per heavy atom. The summed E-state index contributed by atoms with van der Waals surface area (Å²) in [4.78, 5) is 17.6. The average molecular weight is 433 g/mol. The quantitative estimate of drug-likeness (QED) is 0.520. The van der Waals surface area contributed by atoms with E-state index < -0.39 is 0 Å². The first-order valence-corrected chi connectivity index (χ1v) is 11.5. The van der Waals surface area contributed by atoms with Crippen molar-refractivity contribution in [3.8, 4) is 5.75 Å². The van der Waals surface area contributed by atoms with Crippen LogP contribution in [0.25, 0.3) is 0 Å². The highest BCUT2D eigenvalue weighted by molar-refractivity contribution is 7.99. The zero-order valence-electron chi connectivity index (χ0n) is 17.8. The van der Waals surface area contributed by atoms with E-state index in [4.69, 9.17) is 4.74 Å². The molecule has 0 unspecified atom stereocenters. The van der Waals surface area contributed by atoms with Gasteiger partial charge in [-0.2, -0.15) is 0 Å². The van der Waals surface area contributed by atoms with Gasteiger partial charge in [-0.15, -0.1) is 0 Å². The third kappa shape index (κ3) is 5.90. The number of hydrogen-bond donors (Lipinski definition) is 1. The standard InChI is InChI=1S/C26H28N2O2S/c1-30-22-9-7-8-20(18-22)19-28-16-14-21(15-17-28)26(29)27-24-12-5-6-13-25(24)31-23-10-3-2-4-11-23/h2-13,18,21H,14-17,19H2,1H3,(H,27,29). The Bertz CT molecular complexity index is 1000. The summed E-state index contributed by atoms with van der Waals surface area (Å²) in [6.45, 7) is 2.74. The van der Waals surface area contributed by atoms with Crippen LogP contribution in [0.5, 0.6) is 5.75 Å². The second-order valence-corrected chi connectivity index (χ2v) is 8.92. The van der Waals surface area contributed by atoms with Crippen LogP contribution < -0.4 is 10.1 Å². The van der Waals surface area contributed by atoms with Gasteiger partial charge in [-0.05, 0) is 67.9 Å². The summed E-state index contributed by atoms with van der Waals surface area (Å²) in [5.74, 6) is 1.07. The second-order valence-electron chi connectivity index (χ2n) is 7.80. The molecule has 0 atom stereocenters. The highest BCUT2D eigenvalue weighted by atomic mass is 32.2. The number of benzene rings is 3. The number of carbonyl (C=O) groups excluding carboxylic acids is 1. The number of nitrogens with one attached hydrogen (secondary N) is 1. The molecule has 1 fully saturated rings. The number of anilines is 1. The number of piperidine rings is 1. The van der Waals surface area contributed by atoms with Crippen molar-refractivity contribution >= 4 is 23.4 Å². The van der Waals surface area contributed by atoms with Crippen molar-refractivity contribution in [1.82, 2.24) is 4.90 Å². The molecule has 31 heavy (non-hydrogen) atoms. The van der Waals surface area contributed by atoms with E-state index in [9.17, 15) is 4.79 Å². The van der Waals surface area contributed by atoms with Crippen molar-refractivity contribution in [1.29, 1.82) is 0 Å². The summed E-state index contributed by atoms with van der Waals surface area (Å²) in [6.07, 6.45) is 1.76. The van der Waals surface area contributed by atoms with Gasteiger partial charge < -0.3 is 10.1 Å². The van der Waals surface area contributed by atoms with Crippen molar-refractivity contribution in [3.05, 3.63) is 84.4 Å². The third-order valence-electron chi connectivity index (χ3n) is 5.61. The van der Waals surface area contributed by atoms with E-state index >= 15 is 0 Å². The predicted molar refractivity (Wildman–Crippen MR) is 127 cm³/mol. The molecule has 3 aromatic carbocycles. The molecule has 0 bridgehead atoms. The summed E-state index contributed by atoms with van der Waals surface area (Å²) in [6, 6.07) is 26.5. The average Bonchev–Trinajstić information content (AvgIpc) is 2.81. The van der Waals surface area contributed by atoms with Gasteiger partial charge in [0.2, 0.25) is 5.91 Å². The van der Waals surface area contributed by atoms with E-state index in [1.807, 2.05) is 48.5 Å². The molecule has 0 aliphatic carbocycles. The molecule has 1 saturated heterocycles. The van der Waals surface area contributed by atoms with Gasteiger partial charge in [0.25, 0.3) is 0 Å². The van der Waals surface area contributed by atoms with Crippen molar-refractivity contribution in [3.63, 3.8) is 0 Å². The molecule has 1 N–H and O–H groups in total. The summed E-state index contributed by atoms with van der Waals surface area (Å²) in [5, 5.41) is 3.19. The van der Waals surface area contributed by atoms with Crippen LogP contribution in [-0.2, 0) is 11.3 Å². The maximum atomic E-state index is 13.0. The van der Waals surface area contributed by atoms with Crippen molar-refractivity contribution in [2.75, 3.05) is 25.5 Å². The van der Waals surface area contributed by atoms with Gasteiger partial charge in [-0.1, -0.05) is 54.2 Å². The van der Waals surface area contributed by atoms with Crippen LogP contribution >= 0.6 is 11.8 Å². The topological polar surface area (TPSA) is 41.6 Å². The SMILES string of the molecule is COc1cccc(CN2CCC(C(=O)Nc3ccccc3Sc3ccccc3)CC2)c1. The smallest absolute Gasteiger partial charge is 0.227 e. The van der Waals surface area contributed by atoms with E-state index in [-0.39, 0.29) is 11.8 Å². The van der Waals surface area contributed by atoms with Gasteiger partial charge in [-0.25, -0.2) is 0 Å². The highest BCUT2D eigenvalue weighted by Gasteiger charge is 2.25. The minimum Gasteiger partial charge on any atom is -0.497 e. The summed E-state index contributed by atoms with van der Waals surface area (Å²) in [5.41, 5.74) is 2.13. The van der Waals surface area contributed by atoms with Crippen LogP contribution in [0, 0.1) is 5.92 Å². The van der Waals surface area contributed by atoms with Crippen molar-refractivity contribution in [2.24, 2.45) is 5.92 Å². The minimum atomic E-state index is 0.0522. The number of carbonyl (C=O) groups is 1. The number of hydrogen-bond acceptors (Lipinski definition) is 4. The van der Waals surface area contributed by atoms with E-state index in [0.29, 0.717) is 0 Å².